The van der Waals surface area contributed by atoms with Gasteiger partial charge < -0.3 is 15.5 Å². The van der Waals surface area contributed by atoms with Gasteiger partial charge in [-0.3, -0.25) is 9.59 Å². The molecule has 2 atom stereocenters. The Morgan fingerprint density at radius 1 is 1.26 bits per heavy atom. The second kappa shape index (κ2) is 7.96. The van der Waals surface area contributed by atoms with Crippen LogP contribution in [0.3, 0.4) is 0 Å². The Labute approximate surface area is 160 Å². The highest BCUT2D eigenvalue weighted by atomic mass is 35.5. The van der Waals surface area contributed by atoms with Gasteiger partial charge in [-0.25, -0.2) is 0 Å². The summed E-state index contributed by atoms with van der Waals surface area (Å²) in [6.07, 6.45) is -3.07. The molecule has 0 bridgehead atoms. The topological polar surface area (TPSA) is 61.4 Å². The van der Waals surface area contributed by atoms with Gasteiger partial charge in [-0.1, -0.05) is 24.4 Å². The van der Waals surface area contributed by atoms with Crippen LogP contribution in [0.5, 0.6) is 0 Å². The predicted octanol–water partition coefficient (Wildman–Crippen LogP) is 3.58. The summed E-state index contributed by atoms with van der Waals surface area (Å²) in [5.41, 5.74) is 0.997. The van der Waals surface area contributed by atoms with Gasteiger partial charge in [0.2, 0.25) is 11.8 Å². The maximum atomic E-state index is 13.2. The number of amides is 2. The average molecular weight is 404 g/mol. The Hall–Kier alpha value is -1.96. The maximum Gasteiger partial charge on any atom is 0.392 e. The molecule has 0 aromatic heterocycles. The van der Waals surface area contributed by atoms with E-state index < -0.39 is 23.9 Å². The summed E-state index contributed by atoms with van der Waals surface area (Å²) >= 11 is 6.28. The summed E-state index contributed by atoms with van der Waals surface area (Å²) in [6, 6.07) is 4.77. The molecule has 2 amide bonds. The molecule has 0 radical (unpaired) electrons. The van der Waals surface area contributed by atoms with Crippen molar-refractivity contribution in [2.45, 2.75) is 31.9 Å². The average Bonchev–Trinajstić information content (AvgIpc) is 2.61. The molecule has 5 nitrogen and oxygen atoms in total. The highest BCUT2D eigenvalue weighted by Gasteiger charge is 2.48. The molecule has 148 valence electrons. The smallest absolute Gasteiger partial charge is 0.359 e. The van der Waals surface area contributed by atoms with Crippen molar-refractivity contribution in [1.29, 1.82) is 0 Å². The number of anilines is 2. The Morgan fingerprint density at radius 3 is 2.67 bits per heavy atom. The lowest BCUT2D eigenvalue weighted by atomic mass is 9.78. The first-order valence-corrected chi connectivity index (χ1v) is 9.32. The lowest BCUT2D eigenvalue weighted by molar-refractivity contribution is -0.197. The highest BCUT2D eigenvalue weighted by molar-refractivity contribution is 6.33. The van der Waals surface area contributed by atoms with Crippen LogP contribution in [0.2, 0.25) is 5.02 Å². The quantitative estimate of drug-likeness (QED) is 0.810. The molecule has 2 N–H and O–H groups in total. The van der Waals surface area contributed by atoms with Gasteiger partial charge in [0.05, 0.1) is 23.2 Å². The van der Waals surface area contributed by atoms with E-state index in [9.17, 15) is 22.8 Å². The second-order valence-electron chi connectivity index (χ2n) is 6.97. The van der Waals surface area contributed by atoms with Gasteiger partial charge in [0.1, 0.15) is 0 Å². The molecule has 2 aliphatic rings. The monoisotopic (exact) mass is 403 g/mol. The van der Waals surface area contributed by atoms with Crippen molar-refractivity contribution >= 4 is 34.8 Å². The van der Waals surface area contributed by atoms with Crippen LogP contribution in [0, 0.1) is 11.8 Å². The van der Waals surface area contributed by atoms with E-state index >= 15 is 0 Å². The Balaban J connectivity index is 1.71. The van der Waals surface area contributed by atoms with Crippen LogP contribution in [-0.4, -0.2) is 37.6 Å². The molecule has 2 fully saturated rings. The Bertz CT molecular complexity index is 726. The van der Waals surface area contributed by atoms with Crippen LogP contribution in [0.25, 0.3) is 0 Å². The van der Waals surface area contributed by atoms with E-state index in [4.69, 9.17) is 11.6 Å². The van der Waals surface area contributed by atoms with E-state index in [0.29, 0.717) is 42.3 Å². The van der Waals surface area contributed by atoms with Gasteiger partial charge >= 0.3 is 6.18 Å². The lowest BCUT2D eigenvalue weighted by Gasteiger charge is -2.32. The second-order valence-corrected chi connectivity index (χ2v) is 7.37. The van der Waals surface area contributed by atoms with Gasteiger partial charge in [0.25, 0.3) is 0 Å². The van der Waals surface area contributed by atoms with Crippen molar-refractivity contribution < 1.29 is 22.8 Å². The van der Waals surface area contributed by atoms with Gasteiger partial charge in [-0.15, -0.1) is 0 Å². The molecule has 1 heterocycles. The van der Waals surface area contributed by atoms with Crippen molar-refractivity contribution in [3.8, 4) is 0 Å². The molecule has 0 spiro atoms. The van der Waals surface area contributed by atoms with E-state index in [0.717, 1.165) is 0 Å². The first-order valence-electron chi connectivity index (χ1n) is 8.94. The zero-order valence-corrected chi connectivity index (χ0v) is 15.4. The van der Waals surface area contributed by atoms with E-state index in [1.54, 1.807) is 12.1 Å². The number of halogens is 4. The van der Waals surface area contributed by atoms with E-state index in [1.807, 2.05) is 4.90 Å². The van der Waals surface area contributed by atoms with Crippen molar-refractivity contribution in [3.05, 3.63) is 23.2 Å². The van der Waals surface area contributed by atoms with Crippen molar-refractivity contribution in [2.75, 3.05) is 29.9 Å². The fourth-order valence-corrected chi connectivity index (χ4v) is 4.06. The number of piperazine rings is 1. The lowest BCUT2D eigenvalue weighted by Crippen LogP contribution is -2.47. The molecule has 1 aliphatic heterocycles. The minimum absolute atomic E-state index is 0.0156. The Morgan fingerprint density at radius 2 is 2.00 bits per heavy atom. The summed E-state index contributed by atoms with van der Waals surface area (Å²) in [6.45, 7) is 1.29. The van der Waals surface area contributed by atoms with Crippen LogP contribution in [0.1, 0.15) is 25.7 Å². The molecule has 1 saturated carbocycles. The molecule has 27 heavy (non-hydrogen) atoms. The van der Waals surface area contributed by atoms with Crippen LogP contribution in [0.15, 0.2) is 18.2 Å². The molecular formula is C18H21ClF3N3O2. The van der Waals surface area contributed by atoms with Crippen LogP contribution in [0.4, 0.5) is 24.5 Å². The fraction of sp³-hybridized carbons (Fsp3) is 0.556. The first-order chi connectivity index (χ1) is 12.8. The largest absolute Gasteiger partial charge is 0.392 e. The normalized spacial score (nSPS) is 23.7. The number of alkyl halides is 3. The zero-order valence-electron chi connectivity index (χ0n) is 14.6. The third kappa shape index (κ3) is 4.66. The minimum atomic E-state index is -4.38. The predicted molar refractivity (Wildman–Crippen MR) is 96.8 cm³/mol. The number of carbonyl (C=O) groups excluding carboxylic acids is 2. The standard InChI is InChI=1S/C18H21ClF3N3O2/c19-14-9-11(5-6-15(14)25-8-7-23-16(26)10-25)24-17(27)12-3-1-2-4-13(12)18(20,21)22/h5-6,9,12-13H,1-4,7-8,10H2,(H,23,26)(H,24,27)/t12-,13-/m1/s1. The zero-order chi connectivity index (χ0) is 19.6. The molecule has 3 rings (SSSR count). The molecule has 1 saturated heterocycles. The molecule has 1 aromatic rings. The number of rotatable bonds is 3. The SMILES string of the molecule is O=C1CN(c2ccc(NC(=O)[C@@H]3CCCC[C@H]3C(F)(F)F)cc2Cl)CCN1. The van der Waals surface area contributed by atoms with Gasteiger partial charge in [-0.2, -0.15) is 13.2 Å². The third-order valence-corrected chi connectivity index (χ3v) is 5.42. The first kappa shape index (κ1) is 19.8. The van der Waals surface area contributed by atoms with Gasteiger partial charge in [0.15, 0.2) is 0 Å². The summed E-state index contributed by atoms with van der Waals surface area (Å²) in [7, 11) is 0. The molecule has 1 aromatic carbocycles. The summed E-state index contributed by atoms with van der Waals surface area (Å²) in [5, 5.41) is 5.62. The minimum Gasteiger partial charge on any atom is -0.359 e. The van der Waals surface area contributed by atoms with Gasteiger partial charge in [-0.05, 0) is 31.0 Å². The number of hydrogen-bond donors (Lipinski definition) is 2. The summed E-state index contributed by atoms with van der Waals surface area (Å²) in [5.74, 6) is -3.42. The van der Waals surface area contributed by atoms with Crippen LogP contribution in [-0.2, 0) is 9.59 Å². The molecule has 0 unspecified atom stereocenters. The number of nitrogens with one attached hydrogen (secondary N) is 2. The van der Waals surface area contributed by atoms with E-state index in [2.05, 4.69) is 10.6 Å². The van der Waals surface area contributed by atoms with E-state index in [-0.39, 0.29) is 25.3 Å². The maximum absolute atomic E-state index is 13.2. The van der Waals surface area contributed by atoms with Crippen LogP contribution < -0.4 is 15.5 Å². The molecular weight excluding hydrogens is 383 g/mol. The van der Waals surface area contributed by atoms with Crippen molar-refractivity contribution in [3.63, 3.8) is 0 Å². The van der Waals surface area contributed by atoms with Crippen LogP contribution >= 0.6 is 11.6 Å². The number of carbonyl (C=O) groups is 2. The summed E-state index contributed by atoms with van der Waals surface area (Å²) in [4.78, 5) is 25.8. The van der Waals surface area contributed by atoms with Gasteiger partial charge in [0, 0.05) is 24.7 Å². The third-order valence-electron chi connectivity index (χ3n) is 5.12. The summed E-state index contributed by atoms with van der Waals surface area (Å²) < 4.78 is 39.6. The fourth-order valence-electron chi connectivity index (χ4n) is 3.76. The van der Waals surface area contributed by atoms with Crippen molar-refractivity contribution in [2.24, 2.45) is 11.8 Å². The highest BCUT2D eigenvalue weighted by Crippen LogP contribution is 2.42. The van der Waals surface area contributed by atoms with Crippen molar-refractivity contribution in [1.82, 2.24) is 5.32 Å². The number of benzene rings is 1. The number of hydrogen-bond acceptors (Lipinski definition) is 3. The van der Waals surface area contributed by atoms with E-state index in [1.165, 1.54) is 6.07 Å². The number of nitrogens with zero attached hydrogens (tertiary/aromatic N) is 1. The molecule has 1 aliphatic carbocycles. The Kier molecular flexibility index (Phi) is 5.83. The molecule has 9 heteroatoms.